The number of nitrogens with zero attached hydrogens (tertiary/aromatic N) is 2. The van der Waals surface area contributed by atoms with Crippen LogP contribution in [0.4, 0.5) is 0 Å². The quantitative estimate of drug-likeness (QED) is 0.388. The predicted molar refractivity (Wildman–Crippen MR) is 116 cm³/mol. The molecular formula is C22H30ClN3O2. The van der Waals surface area contributed by atoms with Crippen molar-refractivity contribution in [3.63, 3.8) is 0 Å². The zero-order chi connectivity index (χ0) is 21.1. The van der Waals surface area contributed by atoms with Gasteiger partial charge in [-0.25, -0.2) is 4.99 Å². The van der Waals surface area contributed by atoms with Crippen molar-refractivity contribution in [1.82, 2.24) is 10.2 Å². The average molecular weight is 404 g/mol. The van der Waals surface area contributed by atoms with Gasteiger partial charge in [-0.15, -0.1) is 0 Å². The summed E-state index contributed by atoms with van der Waals surface area (Å²) in [6.45, 7) is 12.0. The molecule has 1 N–H and O–H groups in total. The van der Waals surface area contributed by atoms with Crippen LogP contribution in [0.2, 0.25) is 5.02 Å². The van der Waals surface area contributed by atoms with Crippen LogP contribution in [0.5, 0.6) is 5.75 Å². The molecule has 0 unspecified atom stereocenters. The van der Waals surface area contributed by atoms with E-state index < -0.39 is 0 Å². The van der Waals surface area contributed by atoms with Crippen molar-refractivity contribution < 1.29 is 9.53 Å². The van der Waals surface area contributed by atoms with Crippen molar-refractivity contribution in [2.24, 2.45) is 4.99 Å². The lowest BCUT2D eigenvalue weighted by molar-refractivity contribution is -0.126. The van der Waals surface area contributed by atoms with Crippen LogP contribution >= 0.6 is 11.6 Å². The highest BCUT2D eigenvalue weighted by Gasteiger charge is 2.38. The maximum atomic E-state index is 13.3. The Labute approximate surface area is 173 Å². The van der Waals surface area contributed by atoms with E-state index in [9.17, 15) is 4.79 Å². The van der Waals surface area contributed by atoms with Gasteiger partial charge in [0.05, 0.1) is 7.11 Å². The number of ether oxygens (including phenoxy) is 1. The maximum Gasteiger partial charge on any atom is 0.254 e. The molecule has 1 amide bonds. The lowest BCUT2D eigenvalue weighted by Gasteiger charge is -2.23. The monoisotopic (exact) mass is 403 g/mol. The Kier molecular flexibility index (Phi) is 6.94. The number of carbonyl (C=O) groups is 1. The molecule has 1 aliphatic rings. The van der Waals surface area contributed by atoms with Crippen molar-refractivity contribution in [2.75, 3.05) is 14.2 Å². The smallest absolute Gasteiger partial charge is 0.254 e. The van der Waals surface area contributed by atoms with Crippen molar-refractivity contribution in [3.05, 3.63) is 51.3 Å². The Morgan fingerprint density at radius 3 is 2.50 bits per heavy atom. The van der Waals surface area contributed by atoms with Gasteiger partial charge >= 0.3 is 0 Å². The number of methoxy groups -OCH3 is 1. The first kappa shape index (κ1) is 22.0. The van der Waals surface area contributed by atoms with Gasteiger partial charge in [-0.05, 0) is 65.5 Å². The predicted octanol–water partition coefficient (Wildman–Crippen LogP) is 4.72. The van der Waals surface area contributed by atoms with Gasteiger partial charge in [0.25, 0.3) is 5.91 Å². The highest BCUT2D eigenvalue weighted by molar-refractivity contribution is 6.30. The molecule has 1 aromatic rings. The van der Waals surface area contributed by atoms with Gasteiger partial charge < -0.3 is 15.0 Å². The summed E-state index contributed by atoms with van der Waals surface area (Å²) >= 11 is 6.12. The average Bonchev–Trinajstić information content (AvgIpc) is 3.36. The Morgan fingerprint density at radius 2 is 2.00 bits per heavy atom. The van der Waals surface area contributed by atoms with Gasteiger partial charge in [-0.1, -0.05) is 17.2 Å². The van der Waals surface area contributed by atoms with Gasteiger partial charge in [0.2, 0.25) is 0 Å². The summed E-state index contributed by atoms with van der Waals surface area (Å²) in [5, 5.41) is 4.04. The minimum Gasteiger partial charge on any atom is -0.496 e. The number of hydrogen-bond acceptors (Lipinski definition) is 4. The summed E-state index contributed by atoms with van der Waals surface area (Å²) in [5.41, 5.74) is 3.27. The van der Waals surface area contributed by atoms with Crippen molar-refractivity contribution in [1.29, 1.82) is 0 Å². The van der Waals surface area contributed by atoms with Gasteiger partial charge in [-0.3, -0.25) is 4.79 Å². The van der Waals surface area contributed by atoms with Crippen LogP contribution in [0, 0.1) is 0 Å². The topological polar surface area (TPSA) is 53.9 Å². The Bertz CT molecular complexity index is 834. The highest BCUT2D eigenvalue weighted by Crippen LogP contribution is 2.36. The Morgan fingerprint density at radius 1 is 1.36 bits per heavy atom. The zero-order valence-electron chi connectivity index (χ0n) is 17.6. The standard InChI is InChI=1S/C22H30ClN3O2/c1-14(2)19(15(3)20(24-5)25-22(4)10-11-22)21(27)26(6)13-16-12-17(23)8-9-18(16)28-7/h8-9,12,25H,5,10-11,13H2,1-4,6-7H3/b20-15-. The number of likely N-dealkylation sites (N-methyl/N-ethyl adjacent to an activating group) is 1. The van der Waals surface area contributed by atoms with E-state index >= 15 is 0 Å². The van der Waals surface area contributed by atoms with E-state index in [1.807, 2.05) is 32.9 Å². The number of carbonyl (C=O) groups excluding carboxylic acids is 1. The van der Waals surface area contributed by atoms with E-state index in [2.05, 4.69) is 24.0 Å². The second-order valence-electron chi connectivity index (χ2n) is 7.81. The first-order chi connectivity index (χ1) is 13.1. The van der Waals surface area contributed by atoms with Crippen LogP contribution in [0.15, 0.2) is 45.7 Å². The minimum atomic E-state index is -0.0802. The lowest BCUT2D eigenvalue weighted by atomic mass is 10.0. The molecule has 1 saturated carbocycles. The van der Waals surface area contributed by atoms with Gasteiger partial charge in [0.15, 0.2) is 0 Å². The molecule has 1 fully saturated rings. The molecule has 28 heavy (non-hydrogen) atoms. The molecule has 1 aliphatic carbocycles. The molecule has 0 aromatic heterocycles. The Hall–Kier alpha value is -2.27. The van der Waals surface area contributed by atoms with Crippen LogP contribution in [0.25, 0.3) is 0 Å². The molecule has 6 heteroatoms. The summed E-state index contributed by atoms with van der Waals surface area (Å²) in [4.78, 5) is 19.1. The summed E-state index contributed by atoms with van der Waals surface area (Å²) in [6.07, 6.45) is 2.18. The molecular weight excluding hydrogens is 374 g/mol. The van der Waals surface area contributed by atoms with E-state index in [0.717, 1.165) is 29.6 Å². The molecule has 0 spiro atoms. The highest BCUT2D eigenvalue weighted by atomic mass is 35.5. The molecule has 0 heterocycles. The zero-order valence-corrected chi connectivity index (χ0v) is 18.4. The number of nitrogens with one attached hydrogen (secondary N) is 1. The third kappa shape index (κ3) is 5.16. The maximum absolute atomic E-state index is 13.3. The van der Waals surface area contributed by atoms with E-state index in [1.165, 1.54) is 0 Å². The first-order valence-corrected chi connectivity index (χ1v) is 9.71. The van der Waals surface area contributed by atoms with E-state index in [0.29, 0.717) is 28.7 Å². The van der Waals surface area contributed by atoms with Gasteiger partial charge in [0, 0.05) is 40.9 Å². The van der Waals surface area contributed by atoms with Gasteiger partial charge in [-0.2, -0.15) is 0 Å². The Balaban J connectivity index is 2.31. The van der Waals surface area contributed by atoms with Crippen molar-refractivity contribution in [3.8, 4) is 5.75 Å². The lowest BCUT2D eigenvalue weighted by Crippen LogP contribution is -2.31. The fourth-order valence-electron chi connectivity index (χ4n) is 3.11. The second kappa shape index (κ2) is 8.82. The molecule has 0 radical (unpaired) electrons. The molecule has 1 aromatic carbocycles. The molecule has 5 nitrogen and oxygen atoms in total. The fourth-order valence-corrected chi connectivity index (χ4v) is 3.30. The largest absolute Gasteiger partial charge is 0.496 e. The summed E-state index contributed by atoms with van der Waals surface area (Å²) in [5.74, 6) is 1.29. The molecule has 152 valence electrons. The number of amides is 1. The van der Waals surface area contributed by atoms with Crippen LogP contribution < -0.4 is 10.1 Å². The molecule has 0 atom stereocenters. The number of allylic oxidation sites excluding steroid dienone is 1. The van der Waals surface area contributed by atoms with Crippen LogP contribution in [-0.2, 0) is 11.3 Å². The molecule has 2 rings (SSSR count). The summed E-state index contributed by atoms with van der Waals surface area (Å²) in [7, 11) is 3.38. The van der Waals surface area contributed by atoms with E-state index in [-0.39, 0.29) is 11.4 Å². The number of hydrogen-bond donors (Lipinski definition) is 1. The number of benzene rings is 1. The SMILES string of the molecule is C=N/C(NC1(C)CC1)=C(\C)C(C(=O)N(C)Cc1cc(Cl)ccc1OC)=C(C)C. The van der Waals surface area contributed by atoms with Crippen LogP contribution in [0.3, 0.4) is 0 Å². The summed E-state index contributed by atoms with van der Waals surface area (Å²) < 4.78 is 5.40. The first-order valence-electron chi connectivity index (χ1n) is 9.33. The normalized spacial score (nSPS) is 15.2. The third-order valence-electron chi connectivity index (χ3n) is 5.02. The minimum absolute atomic E-state index is 0.0492. The number of aliphatic imine (C=N–C) groups is 1. The summed E-state index contributed by atoms with van der Waals surface area (Å²) in [6, 6.07) is 5.40. The van der Waals surface area contributed by atoms with E-state index in [4.69, 9.17) is 16.3 Å². The van der Waals surface area contributed by atoms with Gasteiger partial charge in [0.1, 0.15) is 11.6 Å². The molecule has 0 saturated heterocycles. The fraction of sp³-hybridized carbons (Fsp3) is 0.455. The third-order valence-corrected chi connectivity index (χ3v) is 5.25. The van der Waals surface area contributed by atoms with Crippen molar-refractivity contribution >= 4 is 24.2 Å². The van der Waals surface area contributed by atoms with Crippen LogP contribution in [-0.4, -0.2) is 37.2 Å². The number of halogens is 1. The van der Waals surface area contributed by atoms with Crippen LogP contribution in [0.1, 0.15) is 46.1 Å². The van der Waals surface area contributed by atoms with Crippen molar-refractivity contribution in [2.45, 2.75) is 52.6 Å². The number of rotatable bonds is 8. The molecule has 0 aliphatic heterocycles. The second-order valence-corrected chi connectivity index (χ2v) is 8.25. The molecule has 0 bridgehead atoms. The van der Waals surface area contributed by atoms with E-state index in [1.54, 1.807) is 25.1 Å².